The van der Waals surface area contributed by atoms with Crippen molar-refractivity contribution in [1.82, 2.24) is 15.3 Å². The molecule has 3 nitrogen and oxygen atoms in total. The molecule has 70 valence electrons. The van der Waals surface area contributed by atoms with Crippen LogP contribution in [0.15, 0.2) is 36.3 Å². The maximum Gasteiger partial charge on any atom is 0.116 e. The maximum atomic E-state index is 4.10. The van der Waals surface area contributed by atoms with Gasteiger partial charge in [-0.25, -0.2) is 9.97 Å². The van der Waals surface area contributed by atoms with E-state index in [1.54, 1.807) is 24.3 Å². The third-order valence-electron chi connectivity index (χ3n) is 1.37. The van der Waals surface area contributed by atoms with Crippen molar-refractivity contribution in [1.29, 1.82) is 0 Å². The van der Waals surface area contributed by atoms with Gasteiger partial charge < -0.3 is 5.32 Å². The number of rotatable bonds is 6. The molecule has 0 saturated heterocycles. The van der Waals surface area contributed by atoms with Gasteiger partial charge in [0.05, 0.1) is 5.03 Å². The van der Waals surface area contributed by atoms with Gasteiger partial charge >= 0.3 is 0 Å². The Morgan fingerprint density at radius 3 is 3.23 bits per heavy atom. The highest BCUT2D eigenvalue weighted by molar-refractivity contribution is 7.99. The number of hydrogen-bond donors (Lipinski definition) is 1. The summed E-state index contributed by atoms with van der Waals surface area (Å²) in [6.07, 6.45) is 5.18. The van der Waals surface area contributed by atoms with E-state index in [1.165, 1.54) is 0 Å². The minimum Gasteiger partial charge on any atom is -0.312 e. The molecule has 0 bridgehead atoms. The quantitative estimate of drug-likeness (QED) is 0.322. The first kappa shape index (κ1) is 10.2. The van der Waals surface area contributed by atoms with Crippen LogP contribution in [0.5, 0.6) is 0 Å². The Morgan fingerprint density at radius 2 is 2.54 bits per heavy atom. The second-order valence-electron chi connectivity index (χ2n) is 2.39. The Bertz CT molecular complexity index is 238. The second-order valence-corrected chi connectivity index (χ2v) is 3.50. The van der Waals surface area contributed by atoms with E-state index in [0.29, 0.717) is 0 Å². The van der Waals surface area contributed by atoms with E-state index in [9.17, 15) is 0 Å². The van der Waals surface area contributed by atoms with Gasteiger partial charge in [0, 0.05) is 25.0 Å². The van der Waals surface area contributed by atoms with Crippen LogP contribution in [0, 0.1) is 0 Å². The number of aromatic nitrogens is 2. The van der Waals surface area contributed by atoms with Crippen LogP contribution in [0.1, 0.15) is 0 Å². The van der Waals surface area contributed by atoms with Gasteiger partial charge in [-0.1, -0.05) is 6.08 Å². The topological polar surface area (TPSA) is 37.8 Å². The fourth-order valence-corrected chi connectivity index (χ4v) is 1.53. The van der Waals surface area contributed by atoms with Crippen molar-refractivity contribution in [2.75, 3.05) is 18.8 Å². The number of thioether (sulfide) groups is 1. The lowest BCUT2D eigenvalue weighted by Gasteiger charge is -2.00. The zero-order valence-electron chi connectivity index (χ0n) is 7.44. The lowest BCUT2D eigenvalue weighted by Crippen LogP contribution is -2.16. The van der Waals surface area contributed by atoms with E-state index in [0.717, 1.165) is 23.9 Å². The molecule has 0 amide bonds. The lowest BCUT2D eigenvalue weighted by atomic mass is 10.6. The number of nitrogens with zero attached hydrogens (tertiary/aromatic N) is 2. The second kappa shape index (κ2) is 6.62. The van der Waals surface area contributed by atoms with Crippen LogP contribution >= 0.6 is 11.8 Å². The van der Waals surface area contributed by atoms with Crippen molar-refractivity contribution in [3.05, 3.63) is 31.2 Å². The van der Waals surface area contributed by atoms with E-state index in [4.69, 9.17) is 0 Å². The van der Waals surface area contributed by atoms with Crippen LogP contribution in [0.2, 0.25) is 0 Å². The van der Waals surface area contributed by atoms with Gasteiger partial charge in [0.1, 0.15) is 6.33 Å². The molecule has 0 aliphatic heterocycles. The van der Waals surface area contributed by atoms with E-state index < -0.39 is 0 Å². The molecule has 0 spiro atoms. The Balaban J connectivity index is 2.10. The van der Waals surface area contributed by atoms with Gasteiger partial charge in [0.15, 0.2) is 0 Å². The summed E-state index contributed by atoms with van der Waals surface area (Å²) in [6, 6.07) is 1.91. The lowest BCUT2D eigenvalue weighted by molar-refractivity contribution is 0.806. The largest absolute Gasteiger partial charge is 0.312 e. The van der Waals surface area contributed by atoms with E-state index in [1.807, 2.05) is 12.1 Å². The van der Waals surface area contributed by atoms with Gasteiger partial charge in [-0.3, -0.25) is 0 Å². The molecule has 0 unspecified atom stereocenters. The van der Waals surface area contributed by atoms with Crippen molar-refractivity contribution >= 4 is 11.8 Å². The highest BCUT2D eigenvalue weighted by Gasteiger charge is 1.92. The van der Waals surface area contributed by atoms with Crippen LogP contribution in [0.25, 0.3) is 0 Å². The van der Waals surface area contributed by atoms with Crippen molar-refractivity contribution in [3.63, 3.8) is 0 Å². The third-order valence-corrected chi connectivity index (χ3v) is 2.32. The molecular weight excluding hydrogens is 182 g/mol. The highest BCUT2D eigenvalue weighted by atomic mass is 32.2. The summed E-state index contributed by atoms with van der Waals surface area (Å²) in [6.45, 7) is 5.46. The van der Waals surface area contributed by atoms with E-state index in [-0.39, 0.29) is 0 Å². The molecule has 0 aliphatic carbocycles. The van der Waals surface area contributed by atoms with Gasteiger partial charge in [-0.05, 0) is 6.07 Å². The molecule has 0 saturated carbocycles. The van der Waals surface area contributed by atoms with Crippen molar-refractivity contribution in [3.8, 4) is 0 Å². The van der Waals surface area contributed by atoms with Crippen LogP contribution in [0.3, 0.4) is 0 Å². The number of hydrogen-bond acceptors (Lipinski definition) is 4. The smallest absolute Gasteiger partial charge is 0.116 e. The monoisotopic (exact) mass is 195 g/mol. The van der Waals surface area contributed by atoms with Gasteiger partial charge in [-0.15, -0.1) is 18.3 Å². The van der Waals surface area contributed by atoms with E-state index >= 15 is 0 Å². The summed E-state index contributed by atoms with van der Waals surface area (Å²) in [5, 5.41) is 4.25. The molecule has 4 heteroatoms. The molecule has 1 rings (SSSR count). The standard InChI is InChI=1S/C9H13N3S/c1-2-4-10-6-7-13-9-3-5-11-8-12-9/h2-3,5,8,10H,1,4,6-7H2. The van der Waals surface area contributed by atoms with Gasteiger partial charge in [0.2, 0.25) is 0 Å². The zero-order chi connectivity index (χ0) is 9.36. The van der Waals surface area contributed by atoms with Crippen molar-refractivity contribution in [2.24, 2.45) is 0 Å². The van der Waals surface area contributed by atoms with Crippen LogP contribution < -0.4 is 5.32 Å². The van der Waals surface area contributed by atoms with Crippen LogP contribution in [-0.2, 0) is 0 Å². The molecule has 1 heterocycles. The Hall–Kier alpha value is -0.870. The molecule has 0 aromatic carbocycles. The predicted octanol–water partition coefficient (Wildman–Crippen LogP) is 1.34. The molecule has 13 heavy (non-hydrogen) atoms. The third kappa shape index (κ3) is 4.65. The first-order chi connectivity index (χ1) is 6.43. The summed E-state index contributed by atoms with van der Waals surface area (Å²) >= 11 is 1.72. The maximum absolute atomic E-state index is 4.10. The Labute approximate surface area is 82.7 Å². The molecule has 0 radical (unpaired) electrons. The Morgan fingerprint density at radius 1 is 1.62 bits per heavy atom. The van der Waals surface area contributed by atoms with Gasteiger partial charge in [-0.2, -0.15) is 0 Å². The highest BCUT2D eigenvalue weighted by Crippen LogP contribution is 2.11. The van der Waals surface area contributed by atoms with Crippen molar-refractivity contribution in [2.45, 2.75) is 5.03 Å². The van der Waals surface area contributed by atoms with Crippen LogP contribution in [0.4, 0.5) is 0 Å². The zero-order valence-corrected chi connectivity index (χ0v) is 8.26. The molecule has 0 fully saturated rings. The average molecular weight is 195 g/mol. The van der Waals surface area contributed by atoms with E-state index in [2.05, 4.69) is 21.9 Å². The molecular formula is C9H13N3S. The molecule has 0 atom stereocenters. The predicted molar refractivity (Wildman–Crippen MR) is 55.8 cm³/mol. The minimum atomic E-state index is 0.865. The average Bonchev–Trinajstić information content (AvgIpc) is 2.19. The molecule has 0 aliphatic rings. The summed E-state index contributed by atoms with van der Waals surface area (Å²) < 4.78 is 0. The summed E-state index contributed by atoms with van der Waals surface area (Å²) in [5.41, 5.74) is 0. The Kier molecular flexibility index (Phi) is 5.20. The fourth-order valence-electron chi connectivity index (χ4n) is 0.796. The molecule has 1 N–H and O–H groups in total. The molecule has 1 aromatic rings. The first-order valence-corrected chi connectivity index (χ1v) is 5.12. The summed E-state index contributed by atoms with van der Waals surface area (Å²) in [4.78, 5) is 7.95. The minimum absolute atomic E-state index is 0.865. The van der Waals surface area contributed by atoms with Crippen LogP contribution in [-0.4, -0.2) is 28.8 Å². The summed E-state index contributed by atoms with van der Waals surface area (Å²) in [5.74, 6) is 1.02. The molecule has 1 aromatic heterocycles. The van der Waals surface area contributed by atoms with Crippen molar-refractivity contribution < 1.29 is 0 Å². The SMILES string of the molecule is C=CCNCCSc1ccncn1. The number of nitrogens with one attached hydrogen (secondary N) is 1. The van der Waals surface area contributed by atoms with Gasteiger partial charge in [0.25, 0.3) is 0 Å². The summed E-state index contributed by atoms with van der Waals surface area (Å²) in [7, 11) is 0. The fraction of sp³-hybridized carbons (Fsp3) is 0.333. The normalized spacial score (nSPS) is 9.85. The first-order valence-electron chi connectivity index (χ1n) is 4.14.